The molecule has 0 aliphatic rings. The highest BCUT2D eigenvalue weighted by Crippen LogP contribution is 2.23. The molecule has 0 spiro atoms. The topological polar surface area (TPSA) is 75.1 Å². The van der Waals surface area contributed by atoms with Crippen molar-refractivity contribution in [3.63, 3.8) is 0 Å². The first-order valence-electron chi connectivity index (χ1n) is 4.53. The lowest BCUT2D eigenvalue weighted by molar-refractivity contribution is 0.0698. The second kappa shape index (κ2) is 4.28. The molecular weight excluding hydrogens is 226 g/mol. The van der Waals surface area contributed by atoms with Gasteiger partial charge in [0.2, 0.25) is 0 Å². The van der Waals surface area contributed by atoms with Gasteiger partial charge in [0.15, 0.2) is 5.13 Å². The van der Waals surface area contributed by atoms with Gasteiger partial charge in [-0.1, -0.05) is 0 Å². The number of carbonyl (C=O) groups is 1. The van der Waals surface area contributed by atoms with Crippen LogP contribution in [0, 0.1) is 6.92 Å². The van der Waals surface area contributed by atoms with E-state index in [2.05, 4.69) is 15.3 Å². The lowest BCUT2D eigenvalue weighted by Crippen LogP contribution is -2.02. The number of carboxylic acids is 1. The Morgan fingerprint density at radius 2 is 2.31 bits per heavy atom. The number of hydrogen-bond acceptors (Lipinski definition) is 5. The van der Waals surface area contributed by atoms with Gasteiger partial charge in [-0.15, -0.1) is 11.3 Å². The van der Waals surface area contributed by atoms with Crippen molar-refractivity contribution in [2.24, 2.45) is 0 Å². The molecule has 0 fully saturated rings. The Bertz CT molecular complexity index is 524. The average molecular weight is 235 g/mol. The van der Waals surface area contributed by atoms with Crippen molar-refractivity contribution in [2.45, 2.75) is 6.92 Å². The van der Waals surface area contributed by atoms with Crippen LogP contribution in [0.2, 0.25) is 0 Å². The van der Waals surface area contributed by atoms with Crippen LogP contribution in [0.25, 0.3) is 0 Å². The van der Waals surface area contributed by atoms with E-state index in [-0.39, 0.29) is 5.56 Å². The maximum Gasteiger partial charge on any atom is 0.337 e. The summed E-state index contributed by atoms with van der Waals surface area (Å²) in [6.45, 7) is 1.93. The van der Waals surface area contributed by atoms with Crippen LogP contribution in [-0.4, -0.2) is 21.0 Å². The number of thiazole rings is 1. The fraction of sp³-hybridized carbons (Fsp3) is 0.100. The van der Waals surface area contributed by atoms with Gasteiger partial charge in [-0.25, -0.2) is 9.78 Å². The minimum atomic E-state index is -0.988. The number of anilines is 2. The molecule has 0 aromatic carbocycles. The van der Waals surface area contributed by atoms with E-state index in [9.17, 15) is 4.79 Å². The molecule has 5 nitrogen and oxygen atoms in total. The van der Waals surface area contributed by atoms with Crippen LogP contribution >= 0.6 is 11.3 Å². The van der Waals surface area contributed by atoms with Crippen molar-refractivity contribution in [3.8, 4) is 0 Å². The van der Waals surface area contributed by atoms with Gasteiger partial charge < -0.3 is 10.4 Å². The van der Waals surface area contributed by atoms with Crippen LogP contribution in [0.3, 0.4) is 0 Å². The number of nitrogens with one attached hydrogen (secondary N) is 1. The van der Waals surface area contributed by atoms with Crippen LogP contribution in [0.1, 0.15) is 15.2 Å². The van der Waals surface area contributed by atoms with Crippen molar-refractivity contribution in [1.29, 1.82) is 0 Å². The Labute approximate surface area is 95.8 Å². The van der Waals surface area contributed by atoms with E-state index < -0.39 is 5.97 Å². The fourth-order valence-electron chi connectivity index (χ4n) is 1.21. The molecule has 6 heteroatoms. The molecule has 0 saturated carbocycles. The smallest absolute Gasteiger partial charge is 0.337 e. The largest absolute Gasteiger partial charge is 0.478 e. The highest BCUT2D eigenvalue weighted by atomic mass is 32.1. The maximum atomic E-state index is 10.9. The Hall–Kier alpha value is -1.95. The summed E-state index contributed by atoms with van der Waals surface area (Å²) in [4.78, 5) is 20.0. The molecule has 0 atom stereocenters. The predicted octanol–water partition coefficient (Wildman–Crippen LogP) is 2.29. The molecule has 0 unspecified atom stereocenters. The number of rotatable bonds is 3. The van der Waals surface area contributed by atoms with E-state index in [1.807, 2.05) is 6.92 Å². The zero-order chi connectivity index (χ0) is 11.5. The molecule has 2 rings (SSSR count). The molecule has 0 radical (unpaired) electrons. The molecule has 2 N–H and O–H groups in total. The summed E-state index contributed by atoms with van der Waals surface area (Å²) in [5.74, 6) is -0.988. The van der Waals surface area contributed by atoms with Crippen LogP contribution in [0.5, 0.6) is 0 Å². The van der Waals surface area contributed by atoms with Crippen LogP contribution in [-0.2, 0) is 0 Å². The quantitative estimate of drug-likeness (QED) is 0.853. The highest BCUT2D eigenvalue weighted by molar-refractivity contribution is 7.15. The van der Waals surface area contributed by atoms with Crippen LogP contribution in [0.4, 0.5) is 10.8 Å². The number of pyridine rings is 1. The molecule has 2 heterocycles. The lowest BCUT2D eigenvalue weighted by atomic mass is 10.2. The Morgan fingerprint density at radius 1 is 1.50 bits per heavy atom. The monoisotopic (exact) mass is 235 g/mol. The molecule has 0 saturated heterocycles. The van der Waals surface area contributed by atoms with E-state index >= 15 is 0 Å². The first-order valence-corrected chi connectivity index (χ1v) is 5.35. The first-order chi connectivity index (χ1) is 7.66. The number of aryl methyl sites for hydroxylation is 1. The maximum absolute atomic E-state index is 10.9. The van der Waals surface area contributed by atoms with Gasteiger partial charge in [-0.2, -0.15) is 0 Å². The van der Waals surface area contributed by atoms with Gasteiger partial charge >= 0.3 is 5.97 Å². The summed E-state index contributed by atoms with van der Waals surface area (Å²) in [6.07, 6.45) is 4.64. The summed E-state index contributed by atoms with van der Waals surface area (Å²) < 4.78 is 0. The Balaban J connectivity index is 2.31. The van der Waals surface area contributed by atoms with Crippen LogP contribution in [0.15, 0.2) is 24.7 Å². The summed E-state index contributed by atoms with van der Waals surface area (Å²) in [5.41, 5.74) is 0.632. The molecule has 0 aliphatic heterocycles. The number of aromatic nitrogens is 2. The third-order valence-corrected chi connectivity index (χ3v) is 2.74. The van der Waals surface area contributed by atoms with Crippen LogP contribution < -0.4 is 5.32 Å². The Kier molecular flexibility index (Phi) is 2.82. The van der Waals surface area contributed by atoms with Gasteiger partial charge in [0.25, 0.3) is 0 Å². The van der Waals surface area contributed by atoms with E-state index in [1.165, 1.54) is 29.8 Å². The average Bonchev–Trinajstić information content (AvgIpc) is 2.64. The standard InChI is InChI=1S/C10H9N3O2S/c1-6-4-12-10(16-6)13-8-5-11-3-2-7(8)9(14)15/h2-5H,1H3,(H,12,13)(H,14,15). The van der Waals surface area contributed by atoms with Crippen molar-refractivity contribution in [1.82, 2.24) is 9.97 Å². The van der Waals surface area contributed by atoms with E-state index in [0.29, 0.717) is 10.8 Å². The first kappa shape index (κ1) is 10.6. The molecule has 2 aromatic heterocycles. The molecule has 2 aromatic rings. The van der Waals surface area contributed by atoms with E-state index in [0.717, 1.165) is 4.88 Å². The minimum Gasteiger partial charge on any atom is -0.478 e. The zero-order valence-corrected chi connectivity index (χ0v) is 9.28. The van der Waals surface area contributed by atoms with Gasteiger partial charge in [-0.05, 0) is 13.0 Å². The highest BCUT2D eigenvalue weighted by Gasteiger charge is 2.10. The zero-order valence-electron chi connectivity index (χ0n) is 8.47. The number of nitrogens with zero attached hydrogens (tertiary/aromatic N) is 2. The number of carboxylic acid groups (broad SMARTS) is 1. The Morgan fingerprint density at radius 3 is 2.94 bits per heavy atom. The summed E-state index contributed by atoms with van der Waals surface area (Å²) >= 11 is 1.46. The van der Waals surface area contributed by atoms with Gasteiger partial charge in [-0.3, -0.25) is 4.98 Å². The normalized spacial score (nSPS) is 10.1. The summed E-state index contributed by atoms with van der Waals surface area (Å²) in [6, 6.07) is 1.45. The van der Waals surface area contributed by atoms with E-state index in [4.69, 9.17) is 5.11 Å². The molecule has 82 valence electrons. The van der Waals surface area contributed by atoms with Crippen molar-refractivity contribution >= 4 is 28.1 Å². The van der Waals surface area contributed by atoms with Gasteiger partial charge in [0.05, 0.1) is 17.4 Å². The summed E-state index contributed by atoms with van der Waals surface area (Å²) in [7, 11) is 0. The molecule has 16 heavy (non-hydrogen) atoms. The van der Waals surface area contributed by atoms with Gasteiger partial charge in [0, 0.05) is 17.3 Å². The fourth-order valence-corrected chi connectivity index (χ4v) is 1.89. The predicted molar refractivity (Wildman–Crippen MR) is 61.3 cm³/mol. The molecule has 0 amide bonds. The number of aromatic carboxylic acids is 1. The SMILES string of the molecule is Cc1cnc(Nc2cnccc2C(=O)O)s1. The van der Waals surface area contributed by atoms with E-state index in [1.54, 1.807) is 6.20 Å². The van der Waals surface area contributed by atoms with Crippen molar-refractivity contribution in [2.75, 3.05) is 5.32 Å². The molecule has 0 aliphatic carbocycles. The number of hydrogen-bond donors (Lipinski definition) is 2. The van der Waals surface area contributed by atoms with Crippen molar-refractivity contribution < 1.29 is 9.90 Å². The molecule has 0 bridgehead atoms. The third-order valence-electron chi connectivity index (χ3n) is 1.91. The summed E-state index contributed by atoms with van der Waals surface area (Å²) in [5, 5.41) is 12.6. The second-order valence-electron chi connectivity index (χ2n) is 3.13. The second-order valence-corrected chi connectivity index (χ2v) is 4.36. The lowest BCUT2D eigenvalue weighted by Gasteiger charge is -2.04. The minimum absolute atomic E-state index is 0.183. The molecular formula is C10H9N3O2S. The van der Waals surface area contributed by atoms with Crippen molar-refractivity contribution in [3.05, 3.63) is 35.1 Å². The van der Waals surface area contributed by atoms with Gasteiger partial charge in [0.1, 0.15) is 0 Å². The third kappa shape index (κ3) is 2.17.